The molecule has 0 fully saturated rings. The van der Waals surface area contributed by atoms with Crippen LogP contribution < -0.4 is 24.8 Å². The largest absolute Gasteiger partial charge is 0.456 e. The lowest BCUT2D eigenvalue weighted by Gasteiger charge is -2.41. The number of hydrogen-bond donors (Lipinski definition) is 0. The number of anilines is 1. The van der Waals surface area contributed by atoms with Crippen LogP contribution in [0.2, 0.25) is 0 Å². The Morgan fingerprint density at radius 3 is 2.19 bits per heavy atom. The van der Waals surface area contributed by atoms with Crippen LogP contribution in [-0.2, 0) is 0 Å². The monoisotopic (exact) mass is 553 g/mol. The lowest BCUT2D eigenvalue weighted by Crippen LogP contribution is -2.47. The summed E-state index contributed by atoms with van der Waals surface area (Å²) >= 11 is 3.62. The van der Waals surface area contributed by atoms with Gasteiger partial charge in [0.05, 0.1) is 11.6 Å². The number of ether oxygens (including phenoxy) is 1. The first-order valence-corrected chi connectivity index (χ1v) is 13.7. The number of likely N-dealkylation sites (N-methyl/N-ethyl adjacent to an activating group) is 2. The second kappa shape index (κ2) is 7.94. The molecule has 0 N–H and O–H groups in total. The minimum atomic E-state index is -0.0621. The van der Waals surface area contributed by atoms with Gasteiger partial charge in [0.25, 0.3) is 0 Å². The molecule has 3 aliphatic heterocycles. The van der Waals surface area contributed by atoms with E-state index in [1.165, 1.54) is 44.5 Å². The van der Waals surface area contributed by atoms with Gasteiger partial charge in [-0.15, -0.1) is 0 Å². The molecule has 3 aromatic rings. The zero-order valence-electron chi connectivity index (χ0n) is 23.0. The number of hydrogen-bond acceptors (Lipinski definition) is 2. The van der Waals surface area contributed by atoms with E-state index in [9.17, 15) is 0 Å². The predicted molar refractivity (Wildman–Crippen MR) is 159 cm³/mol. The van der Waals surface area contributed by atoms with E-state index in [1.807, 2.05) is 0 Å². The van der Waals surface area contributed by atoms with Crippen molar-refractivity contribution < 1.29 is 4.74 Å². The molecule has 0 aliphatic carbocycles. The molecular formula is C33H34BrN2O+. The summed E-state index contributed by atoms with van der Waals surface area (Å²) < 4.78 is 10.2. The molecule has 3 nitrogen and oxygen atoms in total. The molecule has 0 bridgehead atoms. The van der Waals surface area contributed by atoms with Crippen molar-refractivity contribution in [3.8, 4) is 11.5 Å². The highest BCUT2D eigenvalue weighted by Crippen LogP contribution is 2.45. The Balaban J connectivity index is 1.72. The number of benzene rings is 3. The van der Waals surface area contributed by atoms with Gasteiger partial charge in [-0.3, -0.25) is 0 Å². The van der Waals surface area contributed by atoms with Gasteiger partial charge in [0, 0.05) is 64.6 Å². The van der Waals surface area contributed by atoms with Gasteiger partial charge in [0.15, 0.2) is 5.54 Å². The molecule has 188 valence electrons. The molecule has 0 atom stereocenters. The molecule has 37 heavy (non-hydrogen) atoms. The lowest BCUT2D eigenvalue weighted by molar-refractivity contribution is 0.433. The summed E-state index contributed by atoms with van der Waals surface area (Å²) in [5.41, 5.74) is 9.75. The van der Waals surface area contributed by atoms with E-state index in [-0.39, 0.29) is 11.1 Å². The van der Waals surface area contributed by atoms with E-state index in [0.29, 0.717) is 0 Å². The Bertz CT molecular complexity index is 1690. The zero-order valence-corrected chi connectivity index (χ0v) is 24.5. The van der Waals surface area contributed by atoms with Crippen molar-refractivity contribution in [3.05, 3.63) is 98.0 Å². The Hall–Kier alpha value is -3.11. The van der Waals surface area contributed by atoms with Gasteiger partial charge in [0.2, 0.25) is 5.36 Å². The number of rotatable bonds is 1. The van der Waals surface area contributed by atoms with Gasteiger partial charge in [-0.05, 0) is 74.7 Å². The van der Waals surface area contributed by atoms with Gasteiger partial charge in [-0.2, -0.15) is 0 Å². The van der Waals surface area contributed by atoms with E-state index >= 15 is 0 Å². The van der Waals surface area contributed by atoms with Crippen LogP contribution in [0.5, 0.6) is 11.5 Å². The molecule has 0 amide bonds. The van der Waals surface area contributed by atoms with E-state index < -0.39 is 0 Å². The predicted octanol–water partition coefficient (Wildman–Crippen LogP) is 6.75. The molecule has 0 saturated heterocycles. The summed E-state index contributed by atoms with van der Waals surface area (Å²) in [6.45, 7) is 13.5. The van der Waals surface area contributed by atoms with E-state index in [0.717, 1.165) is 26.8 Å². The molecule has 0 spiro atoms. The first kappa shape index (κ1) is 24.2. The van der Waals surface area contributed by atoms with E-state index in [4.69, 9.17) is 4.74 Å². The third-order valence-electron chi connectivity index (χ3n) is 8.53. The van der Waals surface area contributed by atoms with Crippen LogP contribution in [0.4, 0.5) is 5.69 Å². The van der Waals surface area contributed by atoms with Crippen molar-refractivity contribution in [1.82, 2.24) is 4.58 Å². The maximum Gasteiger partial charge on any atom is 0.211 e. The summed E-state index contributed by atoms with van der Waals surface area (Å²) in [4.78, 5) is 2.35. The van der Waals surface area contributed by atoms with Gasteiger partial charge >= 0.3 is 0 Å². The van der Waals surface area contributed by atoms with Crippen molar-refractivity contribution in [2.45, 2.75) is 52.6 Å². The van der Waals surface area contributed by atoms with Gasteiger partial charge in [0.1, 0.15) is 18.5 Å². The molecule has 0 radical (unpaired) electrons. The standard InChI is InChI=1S/C33H34BrN2O/c1-19-17-32(3,4)35(7)27-15-29-25(13-23(19)27)31(21-9-11-22(34)12-10-21)26-14-24-20(2)18-33(5,6)36(8)28(24)16-30(26)37-29/h9-18H,1-8H3/q+1. The second-order valence-corrected chi connectivity index (χ2v) is 12.7. The number of nitrogens with zero attached hydrogens (tertiary/aromatic N) is 2. The lowest BCUT2D eigenvalue weighted by atomic mass is 9.84. The average molecular weight is 555 g/mol. The van der Waals surface area contributed by atoms with Crippen LogP contribution in [0, 0.1) is 0 Å². The Labute approximate surface area is 228 Å². The van der Waals surface area contributed by atoms with Gasteiger partial charge in [-0.25, -0.2) is 4.58 Å². The van der Waals surface area contributed by atoms with Crippen LogP contribution in [0.25, 0.3) is 16.7 Å². The molecular weight excluding hydrogens is 520 g/mol. The smallest absolute Gasteiger partial charge is 0.211 e. The fourth-order valence-electron chi connectivity index (χ4n) is 6.11. The van der Waals surface area contributed by atoms with Crippen LogP contribution in [0.1, 0.15) is 63.8 Å². The first-order valence-electron chi connectivity index (χ1n) is 12.9. The minimum Gasteiger partial charge on any atom is -0.456 e. The summed E-state index contributed by atoms with van der Waals surface area (Å²) in [7, 11) is 4.35. The first-order chi connectivity index (χ1) is 17.4. The summed E-state index contributed by atoms with van der Waals surface area (Å²) in [6, 6.07) is 17.8. The summed E-state index contributed by atoms with van der Waals surface area (Å²) in [6.07, 6.45) is 4.72. The van der Waals surface area contributed by atoms with Crippen molar-refractivity contribution in [2.75, 3.05) is 19.0 Å². The molecule has 3 aromatic carbocycles. The van der Waals surface area contributed by atoms with E-state index in [1.54, 1.807) is 0 Å². The molecule has 3 heterocycles. The fraction of sp³-hybridized carbons (Fsp3) is 0.303. The topological polar surface area (TPSA) is 15.5 Å². The Kier molecular flexibility index (Phi) is 5.20. The SMILES string of the molecule is CC1=CC(C)(C)N(C)c2cc3c(cc21)C(c1ccc(Br)cc1)=c1cc2c(cc1O3)=[N+](C)C(C)(C)C=C2C. The Morgan fingerprint density at radius 1 is 0.811 bits per heavy atom. The number of allylic oxidation sites excluding steroid dienone is 2. The molecule has 3 aliphatic rings. The average Bonchev–Trinajstić information content (AvgIpc) is 2.83. The highest BCUT2D eigenvalue weighted by Gasteiger charge is 2.34. The van der Waals surface area contributed by atoms with Crippen LogP contribution in [0.15, 0.2) is 65.2 Å². The summed E-state index contributed by atoms with van der Waals surface area (Å²) in [5.74, 6) is 1.82. The zero-order chi connectivity index (χ0) is 26.4. The van der Waals surface area contributed by atoms with Crippen LogP contribution >= 0.6 is 15.9 Å². The fourth-order valence-corrected chi connectivity index (χ4v) is 6.37. The molecule has 0 saturated carbocycles. The van der Waals surface area contributed by atoms with Crippen LogP contribution in [0.3, 0.4) is 0 Å². The maximum absolute atomic E-state index is 6.77. The normalized spacial score (nSPS) is 18.7. The van der Waals surface area contributed by atoms with Crippen molar-refractivity contribution in [3.63, 3.8) is 0 Å². The van der Waals surface area contributed by atoms with Gasteiger partial charge < -0.3 is 9.64 Å². The third-order valence-corrected chi connectivity index (χ3v) is 9.06. The second-order valence-electron chi connectivity index (χ2n) is 11.8. The van der Waals surface area contributed by atoms with Crippen LogP contribution in [-0.4, -0.2) is 25.2 Å². The minimum absolute atomic E-state index is 0.0621. The maximum atomic E-state index is 6.77. The van der Waals surface area contributed by atoms with Crippen molar-refractivity contribution in [2.24, 2.45) is 0 Å². The summed E-state index contributed by atoms with van der Waals surface area (Å²) in [5, 5.41) is 2.35. The number of halogens is 1. The molecule has 4 heteroatoms. The highest BCUT2D eigenvalue weighted by atomic mass is 79.9. The molecule has 6 rings (SSSR count). The van der Waals surface area contributed by atoms with Crippen molar-refractivity contribution >= 4 is 38.3 Å². The quantitative estimate of drug-likeness (QED) is 0.242. The van der Waals surface area contributed by atoms with Crippen molar-refractivity contribution in [1.29, 1.82) is 0 Å². The van der Waals surface area contributed by atoms with E-state index in [2.05, 4.69) is 142 Å². The Morgan fingerprint density at radius 2 is 1.49 bits per heavy atom. The highest BCUT2D eigenvalue weighted by molar-refractivity contribution is 9.10. The van der Waals surface area contributed by atoms with Gasteiger partial charge in [-0.1, -0.05) is 34.1 Å². The molecule has 0 aromatic heterocycles. The number of fused-ring (bicyclic) bond motifs is 4. The molecule has 0 unspecified atom stereocenters. The third kappa shape index (κ3) is 3.64.